The van der Waals surface area contributed by atoms with E-state index in [0.717, 1.165) is 18.8 Å². The molecule has 0 aliphatic carbocycles. The number of nitrogens with one attached hydrogen (secondary N) is 1. The van der Waals surface area contributed by atoms with Crippen LogP contribution < -0.4 is 15.1 Å². The number of benzene rings is 2. The van der Waals surface area contributed by atoms with E-state index in [2.05, 4.69) is 22.3 Å². The van der Waals surface area contributed by atoms with E-state index >= 15 is 0 Å². The van der Waals surface area contributed by atoms with Crippen LogP contribution in [0.2, 0.25) is 0 Å². The highest BCUT2D eigenvalue weighted by Crippen LogP contribution is 2.28. The molecule has 2 saturated heterocycles. The van der Waals surface area contributed by atoms with Gasteiger partial charge < -0.3 is 15.1 Å². The number of hydrogen-bond donors (Lipinski definition) is 1. The van der Waals surface area contributed by atoms with E-state index in [1.54, 1.807) is 23.1 Å². The molecule has 26 heavy (non-hydrogen) atoms. The van der Waals surface area contributed by atoms with Crippen molar-refractivity contribution in [1.82, 2.24) is 0 Å². The van der Waals surface area contributed by atoms with Crippen molar-refractivity contribution in [2.24, 2.45) is 0 Å². The molecule has 2 aliphatic rings. The van der Waals surface area contributed by atoms with E-state index in [1.807, 2.05) is 12.1 Å². The van der Waals surface area contributed by atoms with Gasteiger partial charge in [-0.15, -0.1) is 0 Å². The number of rotatable bonds is 4. The Bertz CT molecular complexity index is 788. The lowest BCUT2D eigenvalue weighted by Gasteiger charge is -2.29. The molecule has 4 rings (SSSR count). The summed E-state index contributed by atoms with van der Waals surface area (Å²) in [5.74, 6) is -0.424. The Balaban J connectivity index is 1.46. The standard InChI is InChI=1S/C21H24FN3O/c22-18-9-2-3-10-20(18)25-14-11-19(21(25)26)23-16-7-6-8-17(15-16)24-12-4-1-5-13-24/h2-3,6-10,15,19,23H,1,4-5,11-14H2. The number of piperidine rings is 1. The monoisotopic (exact) mass is 353 g/mol. The molecule has 0 aromatic heterocycles. The highest BCUT2D eigenvalue weighted by atomic mass is 19.1. The molecule has 2 aromatic rings. The zero-order chi connectivity index (χ0) is 17.9. The molecule has 2 aliphatic heterocycles. The molecule has 2 fully saturated rings. The fourth-order valence-electron chi connectivity index (χ4n) is 3.87. The van der Waals surface area contributed by atoms with Crippen LogP contribution in [-0.2, 0) is 4.79 Å². The molecule has 5 heteroatoms. The fraction of sp³-hybridized carbons (Fsp3) is 0.381. The predicted molar refractivity (Wildman–Crippen MR) is 103 cm³/mol. The summed E-state index contributed by atoms with van der Waals surface area (Å²) in [4.78, 5) is 16.7. The van der Waals surface area contributed by atoms with Crippen LogP contribution in [0.3, 0.4) is 0 Å². The van der Waals surface area contributed by atoms with Crippen molar-refractivity contribution in [3.8, 4) is 0 Å². The lowest BCUT2D eigenvalue weighted by Crippen LogP contribution is -2.34. The maximum Gasteiger partial charge on any atom is 0.249 e. The van der Waals surface area contributed by atoms with Gasteiger partial charge in [-0.3, -0.25) is 4.79 Å². The molecular formula is C21H24FN3O. The van der Waals surface area contributed by atoms with E-state index in [9.17, 15) is 9.18 Å². The molecule has 0 bridgehead atoms. The van der Waals surface area contributed by atoms with Gasteiger partial charge in [0, 0.05) is 31.0 Å². The molecule has 2 heterocycles. The molecular weight excluding hydrogens is 329 g/mol. The first-order valence-corrected chi connectivity index (χ1v) is 9.40. The molecule has 1 atom stereocenters. The Morgan fingerprint density at radius 2 is 1.77 bits per heavy atom. The maximum absolute atomic E-state index is 14.0. The summed E-state index contributed by atoms with van der Waals surface area (Å²) >= 11 is 0. The number of amides is 1. The zero-order valence-electron chi connectivity index (χ0n) is 14.8. The highest BCUT2D eigenvalue weighted by molar-refractivity contribution is 6.01. The van der Waals surface area contributed by atoms with Gasteiger partial charge in [-0.25, -0.2) is 4.39 Å². The minimum atomic E-state index is -0.353. The Morgan fingerprint density at radius 3 is 2.58 bits per heavy atom. The minimum Gasteiger partial charge on any atom is -0.374 e. The number of anilines is 3. The number of halogens is 1. The smallest absolute Gasteiger partial charge is 0.249 e. The summed E-state index contributed by atoms with van der Waals surface area (Å²) < 4.78 is 14.0. The Labute approximate surface area is 153 Å². The fourth-order valence-corrected chi connectivity index (χ4v) is 3.87. The van der Waals surface area contributed by atoms with E-state index in [1.165, 1.54) is 31.0 Å². The van der Waals surface area contributed by atoms with Crippen molar-refractivity contribution in [3.63, 3.8) is 0 Å². The molecule has 2 aromatic carbocycles. The van der Waals surface area contributed by atoms with Crippen LogP contribution in [0.1, 0.15) is 25.7 Å². The first-order chi connectivity index (χ1) is 12.7. The van der Waals surface area contributed by atoms with Gasteiger partial charge in [-0.05, 0) is 56.0 Å². The Morgan fingerprint density at radius 1 is 0.962 bits per heavy atom. The van der Waals surface area contributed by atoms with Gasteiger partial charge in [0.2, 0.25) is 5.91 Å². The van der Waals surface area contributed by atoms with Gasteiger partial charge in [0.05, 0.1) is 5.69 Å². The first kappa shape index (κ1) is 16.9. The number of para-hydroxylation sites is 1. The van der Waals surface area contributed by atoms with Gasteiger partial charge in [0.1, 0.15) is 11.9 Å². The van der Waals surface area contributed by atoms with Gasteiger partial charge >= 0.3 is 0 Å². The lowest BCUT2D eigenvalue weighted by molar-refractivity contribution is -0.117. The average Bonchev–Trinajstić information content (AvgIpc) is 3.03. The van der Waals surface area contributed by atoms with Crippen LogP contribution in [0, 0.1) is 5.82 Å². The van der Waals surface area contributed by atoms with Crippen molar-refractivity contribution in [2.75, 3.05) is 34.8 Å². The molecule has 0 spiro atoms. The Hall–Kier alpha value is -2.56. The number of hydrogen-bond acceptors (Lipinski definition) is 3. The molecule has 1 N–H and O–H groups in total. The lowest BCUT2D eigenvalue weighted by atomic mass is 10.1. The number of nitrogens with zero attached hydrogens (tertiary/aromatic N) is 2. The summed E-state index contributed by atoms with van der Waals surface area (Å²) in [5.41, 5.74) is 2.51. The largest absolute Gasteiger partial charge is 0.374 e. The molecule has 0 saturated carbocycles. The van der Waals surface area contributed by atoms with Crippen molar-refractivity contribution in [2.45, 2.75) is 31.7 Å². The molecule has 1 amide bonds. The van der Waals surface area contributed by atoms with Gasteiger partial charge in [-0.2, -0.15) is 0 Å². The van der Waals surface area contributed by atoms with Crippen molar-refractivity contribution in [3.05, 3.63) is 54.3 Å². The van der Waals surface area contributed by atoms with Gasteiger partial charge in [0.15, 0.2) is 0 Å². The third-order valence-electron chi connectivity index (χ3n) is 5.26. The minimum absolute atomic E-state index is 0.0709. The Kier molecular flexibility index (Phi) is 4.78. The van der Waals surface area contributed by atoms with Crippen LogP contribution in [0.25, 0.3) is 0 Å². The van der Waals surface area contributed by atoms with Gasteiger partial charge in [-0.1, -0.05) is 18.2 Å². The highest BCUT2D eigenvalue weighted by Gasteiger charge is 2.33. The second-order valence-corrected chi connectivity index (χ2v) is 7.02. The van der Waals surface area contributed by atoms with Crippen LogP contribution in [0.15, 0.2) is 48.5 Å². The topological polar surface area (TPSA) is 35.6 Å². The quantitative estimate of drug-likeness (QED) is 0.901. The molecule has 0 radical (unpaired) electrons. The number of carbonyl (C=O) groups is 1. The van der Waals surface area contributed by atoms with E-state index in [4.69, 9.17) is 0 Å². The van der Waals surface area contributed by atoms with Crippen LogP contribution in [0.4, 0.5) is 21.5 Å². The van der Waals surface area contributed by atoms with E-state index in [-0.39, 0.29) is 17.8 Å². The number of carbonyl (C=O) groups excluding carboxylic acids is 1. The van der Waals surface area contributed by atoms with Gasteiger partial charge in [0.25, 0.3) is 0 Å². The van der Waals surface area contributed by atoms with E-state index in [0.29, 0.717) is 18.7 Å². The summed E-state index contributed by atoms with van der Waals surface area (Å²) in [6.45, 7) is 2.71. The summed E-state index contributed by atoms with van der Waals surface area (Å²) in [6.07, 6.45) is 4.44. The summed E-state index contributed by atoms with van der Waals surface area (Å²) in [6, 6.07) is 14.4. The average molecular weight is 353 g/mol. The van der Waals surface area contributed by atoms with Crippen LogP contribution in [-0.4, -0.2) is 31.6 Å². The first-order valence-electron chi connectivity index (χ1n) is 9.40. The maximum atomic E-state index is 14.0. The predicted octanol–water partition coefficient (Wildman–Crippen LogP) is 4.03. The van der Waals surface area contributed by atoms with Crippen LogP contribution >= 0.6 is 0 Å². The summed E-state index contributed by atoms with van der Waals surface area (Å²) in [7, 11) is 0. The molecule has 4 nitrogen and oxygen atoms in total. The van der Waals surface area contributed by atoms with Crippen molar-refractivity contribution < 1.29 is 9.18 Å². The second-order valence-electron chi connectivity index (χ2n) is 7.02. The third kappa shape index (κ3) is 3.39. The van der Waals surface area contributed by atoms with Crippen molar-refractivity contribution >= 4 is 23.0 Å². The zero-order valence-corrected chi connectivity index (χ0v) is 14.8. The SMILES string of the molecule is O=C1C(Nc2cccc(N3CCCCC3)c2)CCN1c1ccccc1F. The normalized spacial score (nSPS) is 20.5. The molecule has 136 valence electrons. The van der Waals surface area contributed by atoms with E-state index < -0.39 is 0 Å². The third-order valence-corrected chi connectivity index (χ3v) is 5.26. The molecule has 1 unspecified atom stereocenters. The summed E-state index contributed by atoms with van der Waals surface area (Å²) in [5, 5.41) is 3.35. The second kappa shape index (κ2) is 7.36. The van der Waals surface area contributed by atoms with Crippen LogP contribution in [0.5, 0.6) is 0 Å². The van der Waals surface area contributed by atoms with Crippen molar-refractivity contribution in [1.29, 1.82) is 0 Å².